The zero-order valence-corrected chi connectivity index (χ0v) is 16.2. The summed E-state index contributed by atoms with van der Waals surface area (Å²) in [7, 11) is 0. The second-order valence-corrected chi connectivity index (χ2v) is 8.82. The summed E-state index contributed by atoms with van der Waals surface area (Å²) in [5, 5.41) is 11.2. The number of aromatic nitrogens is 2. The third-order valence-electron chi connectivity index (χ3n) is 4.37. The van der Waals surface area contributed by atoms with Crippen LogP contribution in [0.2, 0.25) is 0 Å². The lowest BCUT2D eigenvalue weighted by Crippen LogP contribution is -2.52. The fourth-order valence-corrected chi connectivity index (χ4v) is 2.83. The standard InChI is InChI=1S/C18H33N5O/c1-13-11-19-8-9-22(13)12-16(24)20-15-10-14(17(2,3)4)21-23(15)18(5,6)7/h10,13,19H,8-9,11-12H2,1-7H3,(H,20,24). The van der Waals surface area contributed by atoms with E-state index in [-0.39, 0.29) is 16.9 Å². The number of amides is 1. The van der Waals surface area contributed by atoms with Crippen LogP contribution in [0.4, 0.5) is 5.82 Å². The van der Waals surface area contributed by atoms with E-state index in [0.29, 0.717) is 12.6 Å². The van der Waals surface area contributed by atoms with E-state index in [2.05, 4.69) is 64.0 Å². The number of hydrogen-bond acceptors (Lipinski definition) is 4. The van der Waals surface area contributed by atoms with Crippen molar-refractivity contribution in [3.05, 3.63) is 11.8 Å². The van der Waals surface area contributed by atoms with Gasteiger partial charge in [-0.1, -0.05) is 20.8 Å². The van der Waals surface area contributed by atoms with E-state index in [4.69, 9.17) is 5.10 Å². The summed E-state index contributed by atoms with van der Waals surface area (Å²) in [6.07, 6.45) is 0. The lowest BCUT2D eigenvalue weighted by molar-refractivity contribution is -0.118. The molecule has 136 valence electrons. The molecular formula is C18H33N5O. The molecule has 0 aromatic carbocycles. The predicted molar refractivity (Wildman–Crippen MR) is 98.5 cm³/mol. The Hall–Kier alpha value is -1.40. The van der Waals surface area contributed by atoms with Gasteiger partial charge in [0, 0.05) is 37.2 Å². The summed E-state index contributed by atoms with van der Waals surface area (Å²) < 4.78 is 1.92. The second kappa shape index (κ2) is 6.84. The third-order valence-corrected chi connectivity index (χ3v) is 4.37. The van der Waals surface area contributed by atoms with E-state index < -0.39 is 0 Å². The normalized spacial score (nSPS) is 20.2. The Balaban J connectivity index is 2.15. The molecule has 2 heterocycles. The van der Waals surface area contributed by atoms with Crippen LogP contribution in [0.25, 0.3) is 0 Å². The molecular weight excluding hydrogens is 302 g/mol. The minimum Gasteiger partial charge on any atom is -0.314 e. The Morgan fingerprint density at radius 2 is 2.00 bits per heavy atom. The Bertz CT molecular complexity index is 579. The number of carbonyl (C=O) groups excluding carboxylic acids is 1. The smallest absolute Gasteiger partial charge is 0.239 e. The molecule has 1 aromatic heterocycles. The van der Waals surface area contributed by atoms with Crippen LogP contribution in [0, 0.1) is 0 Å². The van der Waals surface area contributed by atoms with Gasteiger partial charge in [0.2, 0.25) is 5.91 Å². The Morgan fingerprint density at radius 3 is 2.54 bits per heavy atom. The molecule has 1 aliphatic heterocycles. The van der Waals surface area contributed by atoms with E-state index in [0.717, 1.165) is 31.1 Å². The first kappa shape index (κ1) is 18.9. The molecule has 24 heavy (non-hydrogen) atoms. The third kappa shape index (κ3) is 4.57. The minimum absolute atomic E-state index is 0.0228. The van der Waals surface area contributed by atoms with Crippen molar-refractivity contribution in [1.29, 1.82) is 0 Å². The number of carbonyl (C=O) groups is 1. The van der Waals surface area contributed by atoms with Gasteiger partial charge in [-0.2, -0.15) is 5.10 Å². The van der Waals surface area contributed by atoms with Crippen molar-refractivity contribution in [2.24, 2.45) is 0 Å². The summed E-state index contributed by atoms with van der Waals surface area (Å²) in [6, 6.07) is 2.38. The first-order chi connectivity index (χ1) is 11.0. The van der Waals surface area contributed by atoms with Crippen molar-refractivity contribution >= 4 is 11.7 Å². The fraction of sp³-hybridized carbons (Fsp3) is 0.778. The second-order valence-electron chi connectivity index (χ2n) is 8.82. The van der Waals surface area contributed by atoms with Crippen molar-refractivity contribution < 1.29 is 4.79 Å². The van der Waals surface area contributed by atoms with Crippen molar-refractivity contribution in [3.8, 4) is 0 Å². The van der Waals surface area contributed by atoms with Gasteiger partial charge in [-0.3, -0.25) is 9.69 Å². The summed E-state index contributed by atoms with van der Waals surface area (Å²) in [5.74, 6) is 0.801. The van der Waals surface area contributed by atoms with Crippen LogP contribution in [0.15, 0.2) is 6.07 Å². The maximum atomic E-state index is 12.6. The van der Waals surface area contributed by atoms with Crippen LogP contribution in [-0.4, -0.2) is 52.8 Å². The Morgan fingerprint density at radius 1 is 1.33 bits per heavy atom. The van der Waals surface area contributed by atoms with E-state index in [1.165, 1.54) is 0 Å². The molecule has 0 saturated carbocycles. The monoisotopic (exact) mass is 335 g/mol. The van der Waals surface area contributed by atoms with E-state index in [1.54, 1.807) is 0 Å². The first-order valence-electron chi connectivity index (χ1n) is 8.84. The lowest BCUT2D eigenvalue weighted by Gasteiger charge is -2.33. The number of piperazine rings is 1. The minimum atomic E-state index is -0.186. The molecule has 0 radical (unpaired) electrons. The van der Waals surface area contributed by atoms with Gasteiger partial charge in [-0.25, -0.2) is 4.68 Å². The van der Waals surface area contributed by atoms with Gasteiger partial charge in [-0.15, -0.1) is 0 Å². The average molecular weight is 335 g/mol. The molecule has 2 N–H and O–H groups in total. The number of rotatable bonds is 3. The molecule has 6 heteroatoms. The van der Waals surface area contributed by atoms with Crippen molar-refractivity contribution in [1.82, 2.24) is 20.0 Å². The summed E-state index contributed by atoms with van der Waals surface area (Å²) in [5.41, 5.74) is 0.751. The van der Waals surface area contributed by atoms with Gasteiger partial charge < -0.3 is 10.6 Å². The zero-order valence-electron chi connectivity index (χ0n) is 16.2. The van der Waals surface area contributed by atoms with Gasteiger partial charge in [0.1, 0.15) is 5.82 Å². The SMILES string of the molecule is CC1CNCCN1CC(=O)Nc1cc(C(C)(C)C)nn1C(C)(C)C. The molecule has 0 spiro atoms. The molecule has 6 nitrogen and oxygen atoms in total. The highest BCUT2D eigenvalue weighted by atomic mass is 16.2. The van der Waals surface area contributed by atoms with Crippen LogP contribution in [0.5, 0.6) is 0 Å². The molecule has 1 unspecified atom stereocenters. The molecule has 0 bridgehead atoms. The highest BCUT2D eigenvalue weighted by molar-refractivity contribution is 5.91. The number of nitrogens with zero attached hydrogens (tertiary/aromatic N) is 3. The highest BCUT2D eigenvalue weighted by Gasteiger charge is 2.26. The van der Waals surface area contributed by atoms with Gasteiger partial charge >= 0.3 is 0 Å². The fourth-order valence-electron chi connectivity index (χ4n) is 2.83. The van der Waals surface area contributed by atoms with Gasteiger partial charge in [0.15, 0.2) is 0 Å². The van der Waals surface area contributed by atoms with Crippen molar-refractivity contribution in [3.63, 3.8) is 0 Å². The average Bonchev–Trinajstić information content (AvgIpc) is 2.85. The number of anilines is 1. The molecule has 0 aliphatic carbocycles. The predicted octanol–water partition coefficient (Wildman–Crippen LogP) is 2.17. The van der Waals surface area contributed by atoms with Crippen LogP contribution in [0.3, 0.4) is 0 Å². The molecule has 1 aliphatic rings. The molecule has 1 saturated heterocycles. The van der Waals surface area contributed by atoms with E-state index in [1.807, 2.05) is 10.7 Å². The maximum absolute atomic E-state index is 12.6. The van der Waals surface area contributed by atoms with Crippen LogP contribution in [0.1, 0.15) is 54.2 Å². The quantitative estimate of drug-likeness (QED) is 0.889. The Kier molecular flexibility index (Phi) is 5.40. The number of hydrogen-bond donors (Lipinski definition) is 2. The molecule has 2 rings (SSSR count). The summed E-state index contributed by atoms with van der Waals surface area (Å²) in [6.45, 7) is 18.0. The van der Waals surface area contributed by atoms with Gasteiger partial charge in [0.05, 0.1) is 17.8 Å². The largest absolute Gasteiger partial charge is 0.314 e. The van der Waals surface area contributed by atoms with Gasteiger partial charge in [-0.05, 0) is 27.7 Å². The number of nitrogens with one attached hydrogen (secondary N) is 2. The zero-order chi connectivity index (χ0) is 18.1. The topological polar surface area (TPSA) is 62.2 Å². The molecule has 1 aromatic rings. The molecule has 1 atom stereocenters. The van der Waals surface area contributed by atoms with Crippen LogP contribution >= 0.6 is 0 Å². The maximum Gasteiger partial charge on any atom is 0.239 e. The summed E-state index contributed by atoms with van der Waals surface area (Å²) >= 11 is 0. The first-order valence-corrected chi connectivity index (χ1v) is 8.84. The van der Waals surface area contributed by atoms with E-state index in [9.17, 15) is 4.79 Å². The van der Waals surface area contributed by atoms with Crippen LogP contribution < -0.4 is 10.6 Å². The lowest BCUT2D eigenvalue weighted by atomic mass is 9.92. The van der Waals surface area contributed by atoms with Gasteiger partial charge in [0.25, 0.3) is 0 Å². The van der Waals surface area contributed by atoms with Crippen molar-refractivity contribution in [2.45, 2.75) is 65.5 Å². The Labute approximate surface area is 146 Å². The van der Waals surface area contributed by atoms with Crippen LogP contribution in [-0.2, 0) is 15.7 Å². The molecule has 1 fully saturated rings. The van der Waals surface area contributed by atoms with Crippen molar-refractivity contribution in [2.75, 3.05) is 31.5 Å². The molecule has 1 amide bonds. The summed E-state index contributed by atoms with van der Waals surface area (Å²) in [4.78, 5) is 14.8. The van der Waals surface area contributed by atoms with E-state index >= 15 is 0 Å². The highest BCUT2D eigenvalue weighted by Crippen LogP contribution is 2.28.